The van der Waals surface area contributed by atoms with Gasteiger partial charge < -0.3 is 9.47 Å². The van der Waals surface area contributed by atoms with Crippen molar-refractivity contribution >= 4 is 15.9 Å². The van der Waals surface area contributed by atoms with Gasteiger partial charge in [-0.2, -0.15) is 0 Å². The number of benzene rings is 1. The Morgan fingerprint density at radius 3 is 2.53 bits per heavy atom. The SMILES string of the molecule is BrCC1(CCOc2ccccc2)CCOCC1. The van der Waals surface area contributed by atoms with Crippen LogP contribution in [0.15, 0.2) is 30.3 Å². The second-order valence-corrected chi connectivity index (χ2v) is 5.22. The summed E-state index contributed by atoms with van der Waals surface area (Å²) in [6.07, 6.45) is 3.36. The van der Waals surface area contributed by atoms with E-state index in [1.54, 1.807) is 0 Å². The summed E-state index contributed by atoms with van der Waals surface area (Å²) < 4.78 is 11.2. The van der Waals surface area contributed by atoms with Gasteiger partial charge >= 0.3 is 0 Å². The van der Waals surface area contributed by atoms with Crippen LogP contribution in [-0.4, -0.2) is 25.2 Å². The molecular weight excluding hydrogens is 280 g/mol. The molecule has 0 aromatic heterocycles. The lowest BCUT2D eigenvalue weighted by Crippen LogP contribution is -2.32. The van der Waals surface area contributed by atoms with Gasteiger partial charge in [-0.1, -0.05) is 34.1 Å². The summed E-state index contributed by atoms with van der Waals surface area (Å²) in [5, 5.41) is 1.04. The molecule has 2 rings (SSSR count). The van der Waals surface area contributed by atoms with Crippen LogP contribution in [0.3, 0.4) is 0 Å². The minimum absolute atomic E-state index is 0.368. The molecule has 0 unspecified atom stereocenters. The molecule has 3 heteroatoms. The fourth-order valence-electron chi connectivity index (χ4n) is 2.16. The van der Waals surface area contributed by atoms with Crippen LogP contribution in [0.2, 0.25) is 0 Å². The van der Waals surface area contributed by atoms with Crippen molar-refractivity contribution in [1.82, 2.24) is 0 Å². The van der Waals surface area contributed by atoms with Crippen molar-refractivity contribution in [2.45, 2.75) is 19.3 Å². The zero-order valence-electron chi connectivity index (χ0n) is 10.0. The van der Waals surface area contributed by atoms with Crippen molar-refractivity contribution in [1.29, 1.82) is 0 Å². The monoisotopic (exact) mass is 298 g/mol. The van der Waals surface area contributed by atoms with Gasteiger partial charge in [0.25, 0.3) is 0 Å². The third-order valence-electron chi connectivity index (χ3n) is 3.48. The first-order valence-corrected chi connectivity index (χ1v) is 7.28. The van der Waals surface area contributed by atoms with Crippen LogP contribution in [0.4, 0.5) is 0 Å². The van der Waals surface area contributed by atoms with Gasteiger partial charge in [-0.05, 0) is 36.8 Å². The Morgan fingerprint density at radius 1 is 1.18 bits per heavy atom. The minimum Gasteiger partial charge on any atom is -0.494 e. The van der Waals surface area contributed by atoms with E-state index in [1.807, 2.05) is 30.3 Å². The number of rotatable bonds is 5. The van der Waals surface area contributed by atoms with Crippen molar-refractivity contribution in [2.24, 2.45) is 5.41 Å². The van der Waals surface area contributed by atoms with E-state index in [0.29, 0.717) is 5.41 Å². The average Bonchev–Trinajstić information content (AvgIpc) is 2.41. The molecule has 2 nitrogen and oxygen atoms in total. The first-order chi connectivity index (χ1) is 8.35. The number of hydrogen-bond acceptors (Lipinski definition) is 2. The predicted molar refractivity (Wildman–Crippen MR) is 72.8 cm³/mol. The molecule has 1 aliphatic rings. The zero-order chi connectivity index (χ0) is 12.0. The van der Waals surface area contributed by atoms with Crippen LogP contribution in [-0.2, 0) is 4.74 Å². The van der Waals surface area contributed by atoms with Crippen LogP contribution in [0.1, 0.15) is 19.3 Å². The van der Waals surface area contributed by atoms with Gasteiger partial charge in [-0.15, -0.1) is 0 Å². The molecule has 1 fully saturated rings. The van der Waals surface area contributed by atoms with Gasteiger partial charge in [-0.3, -0.25) is 0 Å². The first kappa shape index (κ1) is 12.9. The van der Waals surface area contributed by atoms with Crippen LogP contribution in [0, 0.1) is 5.41 Å². The smallest absolute Gasteiger partial charge is 0.119 e. The predicted octanol–water partition coefficient (Wildman–Crippen LogP) is 3.65. The molecule has 1 aliphatic heterocycles. The molecule has 94 valence electrons. The van der Waals surface area contributed by atoms with E-state index in [1.165, 1.54) is 0 Å². The van der Waals surface area contributed by atoms with Gasteiger partial charge in [-0.25, -0.2) is 0 Å². The summed E-state index contributed by atoms with van der Waals surface area (Å²) in [7, 11) is 0. The Hall–Kier alpha value is -0.540. The molecule has 1 aromatic rings. The normalized spacial score (nSPS) is 18.9. The Kier molecular flexibility index (Phi) is 4.86. The third kappa shape index (κ3) is 3.71. The van der Waals surface area contributed by atoms with E-state index in [-0.39, 0.29) is 0 Å². The van der Waals surface area contributed by atoms with Crippen LogP contribution in [0.25, 0.3) is 0 Å². The molecule has 0 spiro atoms. The summed E-state index contributed by atoms with van der Waals surface area (Å²) >= 11 is 3.64. The molecule has 1 saturated heterocycles. The summed E-state index contributed by atoms with van der Waals surface area (Å²) in [4.78, 5) is 0. The van der Waals surface area contributed by atoms with E-state index in [9.17, 15) is 0 Å². The Balaban J connectivity index is 1.80. The lowest BCUT2D eigenvalue weighted by atomic mass is 9.80. The number of halogens is 1. The molecule has 0 saturated carbocycles. The molecular formula is C14H19BrO2. The average molecular weight is 299 g/mol. The van der Waals surface area contributed by atoms with Crippen LogP contribution in [0.5, 0.6) is 5.75 Å². The van der Waals surface area contributed by atoms with Gasteiger partial charge in [0.2, 0.25) is 0 Å². The summed E-state index contributed by atoms with van der Waals surface area (Å²) in [5.74, 6) is 0.962. The second kappa shape index (κ2) is 6.41. The van der Waals surface area contributed by atoms with Gasteiger partial charge in [0, 0.05) is 18.5 Å². The number of ether oxygens (including phenoxy) is 2. The van der Waals surface area contributed by atoms with Crippen LogP contribution >= 0.6 is 15.9 Å². The highest BCUT2D eigenvalue weighted by atomic mass is 79.9. The highest BCUT2D eigenvalue weighted by molar-refractivity contribution is 9.09. The Labute approximate surface area is 111 Å². The molecule has 0 radical (unpaired) electrons. The topological polar surface area (TPSA) is 18.5 Å². The minimum atomic E-state index is 0.368. The van der Waals surface area contributed by atoms with Crippen molar-refractivity contribution in [2.75, 3.05) is 25.2 Å². The van der Waals surface area contributed by atoms with Crippen molar-refractivity contribution < 1.29 is 9.47 Å². The fraction of sp³-hybridized carbons (Fsp3) is 0.571. The summed E-state index contributed by atoms with van der Waals surface area (Å²) in [6, 6.07) is 10.0. The van der Waals surface area contributed by atoms with E-state index in [2.05, 4.69) is 15.9 Å². The summed E-state index contributed by atoms with van der Waals surface area (Å²) in [5.41, 5.74) is 0.368. The first-order valence-electron chi connectivity index (χ1n) is 6.16. The highest BCUT2D eigenvalue weighted by Gasteiger charge is 2.31. The van der Waals surface area contributed by atoms with Crippen molar-refractivity contribution in [3.05, 3.63) is 30.3 Å². The largest absolute Gasteiger partial charge is 0.494 e. The maximum atomic E-state index is 5.77. The summed E-state index contributed by atoms with van der Waals surface area (Å²) in [6.45, 7) is 2.56. The van der Waals surface area contributed by atoms with E-state index in [4.69, 9.17) is 9.47 Å². The van der Waals surface area contributed by atoms with Crippen molar-refractivity contribution in [3.63, 3.8) is 0 Å². The van der Waals surface area contributed by atoms with E-state index in [0.717, 1.165) is 50.2 Å². The number of para-hydroxylation sites is 1. The van der Waals surface area contributed by atoms with Gasteiger partial charge in [0.1, 0.15) is 5.75 Å². The Bertz CT molecular complexity index is 320. The lowest BCUT2D eigenvalue weighted by Gasteiger charge is -2.35. The maximum absolute atomic E-state index is 5.77. The van der Waals surface area contributed by atoms with Gasteiger partial charge in [0.05, 0.1) is 6.61 Å². The third-order valence-corrected chi connectivity index (χ3v) is 4.67. The maximum Gasteiger partial charge on any atom is 0.119 e. The Morgan fingerprint density at radius 2 is 1.88 bits per heavy atom. The van der Waals surface area contributed by atoms with E-state index >= 15 is 0 Å². The van der Waals surface area contributed by atoms with Crippen LogP contribution < -0.4 is 4.74 Å². The molecule has 0 aliphatic carbocycles. The quantitative estimate of drug-likeness (QED) is 0.773. The lowest BCUT2D eigenvalue weighted by molar-refractivity contribution is 0.0168. The second-order valence-electron chi connectivity index (χ2n) is 4.66. The molecule has 17 heavy (non-hydrogen) atoms. The number of hydrogen-bond donors (Lipinski definition) is 0. The molecule has 1 aromatic carbocycles. The molecule has 0 atom stereocenters. The van der Waals surface area contributed by atoms with E-state index < -0.39 is 0 Å². The molecule has 0 N–H and O–H groups in total. The molecule has 0 bridgehead atoms. The fourth-order valence-corrected chi connectivity index (χ4v) is 3.00. The van der Waals surface area contributed by atoms with Gasteiger partial charge in [0.15, 0.2) is 0 Å². The highest BCUT2D eigenvalue weighted by Crippen LogP contribution is 2.36. The van der Waals surface area contributed by atoms with Crippen molar-refractivity contribution in [3.8, 4) is 5.75 Å². The number of alkyl halides is 1. The molecule has 0 amide bonds. The zero-order valence-corrected chi connectivity index (χ0v) is 11.6. The standard InChI is InChI=1S/C14H19BrO2/c15-12-14(6-9-16-10-7-14)8-11-17-13-4-2-1-3-5-13/h1-5H,6-12H2. The molecule has 1 heterocycles.